The molecule has 1 rings (SSSR count). The lowest BCUT2D eigenvalue weighted by Crippen LogP contribution is -2.25. The van der Waals surface area contributed by atoms with Crippen LogP contribution < -0.4 is 0 Å². The summed E-state index contributed by atoms with van der Waals surface area (Å²) >= 11 is 0. The molecule has 0 N–H and O–H groups in total. The number of allylic oxidation sites excluding steroid dienone is 1. The predicted octanol–water partition coefficient (Wildman–Crippen LogP) is 2.57. The molecule has 1 unspecified atom stereocenters. The average molecular weight is 152 g/mol. The fourth-order valence-electron chi connectivity index (χ4n) is 1.85. The summed E-state index contributed by atoms with van der Waals surface area (Å²) in [5, 5.41) is 0. The summed E-state index contributed by atoms with van der Waals surface area (Å²) in [6.45, 7) is 5.84. The van der Waals surface area contributed by atoms with Crippen LogP contribution >= 0.6 is 0 Å². The molecule has 2 atom stereocenters. The van der Waals surface area contributed by atoms with E-state index < -0.39 is 0 Å². The van der Waals surface area contributed by atoms with Crippen LogP contribution in [0.5, 0.6) is 0 Å². The number of hydrogen-bond acceptors (Lipinski definition) is 1. The molecule has 0 heterocycles. The Morgan fingerprint density at radius 1 is 1.73 bits per heavy atom. The largest absolute Gasteiger partial charge is 0.299 e. The maximum Gasteiger partial charge on any atom is 0.136 e. The van der Waals surface area contributed by atoms with Crippen molar-refractivity contribution in [2.75, 3.05) is 0 Å². The third-order valence-corrected chi connectivity index (χ3v) is 2.60. The van der Waals surface area contributed by atoms with E-state index in [-0.39, 0.29) is 5.92 Å². The van der Waals surface area contributed by atoms with E-state index in [2.05, 4.69) is 13.5 Å². The Labute approximate surface area is 68.5 Å². The minimum Gasteiger partial charge on any atom is -0.299 e. The van der Waals surface area contributed by atoms with Crippen molar-refractivity contribution in [2.45, 2.75) is 32.6 Å². The van der Waals surface area contributed by atoms with E-state index in [9.17, 15) is 4.79 Å². The van der Waals surface area contributed by atoms with Gasteiger partial charge in [0.2, 0.25) is 0 Å². The van der Waals surface area contributed by atoms with Gasteiger partial charge in [0.1, 0.15) is 5.78 Å². The van der Waals surface area contributed by atoms with Crippen LogP contribution in [0.4, 0.5) is 0 Å². The first-order chi connectivity index (χ1) is 5.25. The lowest BCUT2D eigenvalue weighted by Gasteiger charge is -2.26. The Balaban J connectivity index is 2.54. The number of hydrogen-bond donors (Lipinski definition) is 0. The molecule has 1 saturated carbocycles. The third kappa shape index (κ3) is 1.92. The van der Waals surface area contributed by atoms with Crippen LogP contribution in [0, 0.1) is 11.8 Å². The summed E-state index contributed by atoms with van der Waals surface area (Å²) in [7, 11) is 0. The molecule has 0 radical (unpaired) electrons. The van der Waals surface area contributed by atoms with Crippen molar-refractivity contribution in [3.8, 4) is 0 Å². The number of carbonyl (C=O) groups is 1. The van der Waals surface area contributed by atoms with Gasteiger partial charge >= 0.3 is 0 Å². The highest BCUT2D eigenvalue weighted by atomic mass is 16.1. The zero-order valence-electron chi connectivity index (χ0n) is 7.18. The Kier molecular flexibility index (Phi) is 2.86. The smallest absolute Gasteiger partial charge is 0.136 e. The van der Waals surface area contributed by atoms with E-state index in [0.29, 0.717) is 11.7 Å². The van der Waals surface area contributed by atoms with Gasteiger partial charge in [-0.15, -0.1) is 6.58 Å². The van der Waals surface area contributed by atoms with Crippen molar-refractivity contribution in [3.63, 3.8) is 0 Å². The van der Waals surface area contributed by atoms with E-state index >= 15 is 0 Å². The highest BCUT2D eigenvalue weighted by Crippen LogP contribution is 2.29. The van der Waals surface area contributed by atoms with Crippen molar-refractivity contribution < 1.29 is 4.79 Å². The van der Waals surface area contributed by atoms with E-state index in [1.165, 1.54) is 6.42 Å². The molecule has 0 saturated heterocycles. The van der Waals surface area contributed by atoms with Gasteiger partial charge in [-0.05, 0) is 25.2 Å². The Hall–Kier alpha value is -0.590. The molecule has 0 aromatic carbocycles. The van der Waals surface area contributed by atoms with Crippen LogP contribution in [0.25, 0.3) is 0 Å². The Morgan fingerprint density at radius 2 is 2.45 bits per heavy atom. The molecule has 0 aromatic rings. The van der Waals surface area contributed by atoms with E-state index in [1.807, 2.05) is 6.08 Å². The monoisotopic (exact) mass is 152 g/mol. The third-order valence-electron chi connectivity index (χ3n) is 2.60. The van der Waals surface area contributed by atoms with Gasteiger partial charge in [0.05, 0.1) is 0 Å². The van der Waals surface area contributed by atoms with Gasteiger partial charge in [0.15, 0.2) is 0 Å². The van der Waals surface area contributed by atoms with E-state index in [4.69, 9.17) is 0 Å². The molecule has 1 heteroatoms. The van der Waals surface area contributed by atoms with Gasteiger partial charge in [-0.25, -0.2) is 0 Å². The molecule has 1 aliphatic rings. The van der Waals surface area contributed by atoms with Gasteiger partial charge in [0.25, 0.3) is 0 Å². The van der Waals surface area contributed by atoms with Crippen molar-refractivity contribution in [2.24, 2.45) is 11.8 Å². The second-order valence-corrected chi connectivity index (χ2v) is 3.47. The predicted molar refractivity (Wildman–Crippen MR) is 46.3 cm³/mol. The summed E-state index contributed by atoms with van der Waals surface area (Å²) in [5.41, 5.74) is 0. The van der Waals surface area contributed by atoms with Gasteiger partial charge in [-0.3, -0.25) is 4.79 Å². The van der Waals surface area contributed by atoms with Crippen LogP contribution in [-0.4, -0.2) is 5.78 Å². The maximum absolute atomic E-state index is 11.3. The molecule has 0 amide bonds. The molecule has 62 valence electrons. The summed E-state index contributed by atoms with van der Waals surface area (Å²) < 4.78 is 0. The first-order valence-corrected chi connectivity index (χ1v) is 4.39. The van der Waals surface area contributed by atoms with Crippen molar-refractivity contribution >= 4 is 5.78 Å². The molecule has 11 heavy (non-hydrogen) atoms. The second-order valence-electron chi connectivity index (χ2n) is 3.47. The average Bonchev–Trinajstić information content (AvgIpc) is 1.97. The topological polar surface area (TPSA) is 17.1 Å². The summed E-state index contributed by atoms with van der Waals surface area (Å²) in [5.74, 6) is 1.30. The lowest BCUT2D eigenvalue weighted by molar-refractivity contribution is -0.126. The first-order valence-electron chi connectivity index (χ1n) is 4.39. The minimum absolute atomic E-state index is 0.279. The summed E-state index contributed by atoms with van der Waals surface area (Å²) in [6.07, 6.45) is 5.84. The SMILES string of the molecule is C=CCC1C(=O)CCC[C@H]1C. The quantitative estimate of drug-likeness (QED) is 0.556. The number of rotatable bonds is 2. The highest BCUT2D eigenvalue weighted by Gasteiger charge is 2.26. The van der Waals surface area contributed by atoms with Crippen LogP contribution in [0.1, 0.15) is 32.6 Å². The molecule has 0 bridgehead atoms. The van der Waals surface area contributed by atoms with Gasteiger partial charge < -0.3 is 0 Å². The minimum atomic E-state index is 0.279. The number of carbonyl (C=O) groups excluding carboxylic acids is 1. The zero-order valence-corrected chi connectivity index (χ0v) is 7.18. The van der Waals surface area contributed by atoms with Crippen LogP contribution in [0.3, 0.4) is 0 Å². The molecule has 1 nitrogen and oxygen atoms in total. The number of ketones is 1. The molecule has 0 aliphatic heterocycles. The normalized spacial score (nSPS) is 31.9. The summed E-state index contributed by atoms with van der Waals surface area (Å²) in [4.78, 5) is 11.3. The molecule has 0 aromatic heterocycles. The van der Waals surface area contributed by atoms with E-state index in [1.54, 1.807) is 0 Å². The van der Waals surface area contributed by atoms with Crippen LogP contribution in [0.2, 0.25) is 0 Å². The van der Waals surface area contributed by atoms with E-state index in [0.717, 1.165) is 19.3 Å². The highest BCUT2D eigenvalue weighted by molar-refractivity contribution is 5.82. The van der Waals surface area contributed by atoms with Crippen LogP contribution in [0.15, 0.2) is 12.7 Å². The fourth-order valence-corrected chi connectivity index (χ4v) is 1.85. The number of Topliss-reactive ketones (excluding diaryl/α,β-unsaturated/α-hetero) is 1. The van der Waals surface area contributed by atoms with Crippen LogP contribution in [-0.2, 0) is 4.79 Å². The maximum atomic E-state index is 11.3. The van der Waals surface area contributed by atoms with Gasteiger partial charge in [-0.2, -0.15) is 0 Å². The van der Waals surface area contributed by atoms with Gasteiger partial charge in [0, 0.05) is 12.3 Å². The molecule has 1 fully saturated rings. The Bertz CT molecular complexity index is 160. The summed E-state index contributed by atoms with van der Waals surface area (Å²) in [6, 6.07) is 0. The first kappa shape index (κ1) is 8.51. The lowest BCUT2D eigenvalue weighted by atomic mass is 9.78. The standard InChI is InChI=1S/C10H16O/c1-3-5-9-8(2)6-4-7-10(9)11/h3,8-9H,1,4-7H2,2H3/t8-,9?/m1/s1. The van der Waals surface area contributed by atoms with Crippen molar-refractivity contribution in [1.82, 2.24) is 0 Å². The molecule has 0 spiro atoms. The molecule has 1 aliphatic carbocycles. The molecular formula is C10H16O. The fraction of sp³-hybridized carbons (Fsp3) is 0.700. The second kappa shape index (κ2) is 3.70. The van der Waals surface area contributed by atoms with Gasteiger partial charge in [-0.1, -0.05) is 13.0 Å². The zero-order chi connectivity index (χ0) is 8.27. The van der Waals surface area contributed by atoms with Crippen molar-refractivity contribution in [1.29, 1.82) is 0 Å². The van der Waals surface area contributed by atoms with Crippen molar-refractivity contribution in [3.05, 3.63) is 12.7 Å². The molecular weight excluding hydrogens is 136 g/mol. The Morgan fingerprint density at radius 3 is 3.00 bits per heavy atom.